The van der Waals surface area contributed by atoms with Crippen molar-refractivity contribution in [3.05, 3.63) is 53.6 Å². The van der Waals surface area contributed by atoms with Gasteiger partial charge in [-0.2, -0.15) is 4.31 Å². The van der Waals surface area contributed by atoms with Crippen molar-refractivity contribution in [1.29, 1.82) is 0 Å². The second-order valence-corrected chi connectivity index (χ2v) is 13.0. The predicted octanol–water partition coefficient (Wildman–Crippen LogP) is 8.35. The van der Waals surface area contributed by atoms with Crippen LogP contribution in [0.25, 0.3) is 0 Å². The highest BCUT2D eigenvalue weighted by molar-refractivity contribution is 7.89. The zero-order valence-corrected chi connectivity index (χ0v) is 25.8. The average molecular weight is 635 g/mol. The van der Waals surface area contributed by atoms with Gasteiger partial charge in [-0.25, -0.2) is 8.42 Å². The standard InChI is InChI=1S/C17H26F3NO.C13H16ClNO4S/c1-2-3-4-5-6-7-8-9-14-21-15-10-12-16(13-11-15)22-17(18,19)20;1-13(12(16)17)6-8-15(9-7-13)20(18,19)11-5-3-2-4-10(11)14/h10-13,21H,2-9,14H2,1H3;2-5H,6-9H2,1H3,(H,16,17). The number of alkyl halides is 3. The molecule has 0 aromatic heterocycles. The van der Waals surface area contributed by atoms with Crippen molar-refractivity contribution < 1.29 is 36.2 Å². The molecule has 0 saturated carbocycles. The Kier molecular flexibility index (Phi) is 14.4. The number of carboxylic acid groups (broad SMARTS) is 1. The summed E-state index contributed by atoms with van der Waals surface area (Å²) in [6.07, 6.45) is 6.04. The smallest absolute Gasteiger partial charge is 0.481 e. The fraction of sp³-hybridized carbons (Fsp3) is 0.567. The number of piperidine rings is 1. The van der Waals surface area contributed by atoms with E-state index < -0.39 is 27.8 Å². The third-order valence-electron chi connectivity index (χ3n) is 7.24. The number of rotatable bonds is 14. The second kappa shape index (κ2) is 17.0. The van der Waals surface area contributed by atoms with Crippen molar-refractivity contribution in [3.8, 4) is 5.75 Å². The molecule has 0 bridgehead atoms. The highest BCUT2D eigenvalue weighted by Crippen LogP contribution is 2.34. The zero-order valence-electron chi connectivity index (χ0n) is 24.3. The van der Waals surface area contributed by atoms with Crippen LogP contribution in [0.3, 0.4) is 0 Å². The first-order valence-corrected chi connectivity index (χ1v) is 16.2. The van der Waals surface area contributed by atoms with Crippen molar-refractivity contribution in [2.75, 3.05) is 25.0 Å². The number of carboxylic acids is 1. The summed E-state index contributed by atoms with van der Waals surface area (Å²) >= 11 is 5.93. The third-order valence-corrected chi connectivity index (χ3v) is 9.64. The molecule has 236 valence electrons. The molecule has 2 aromatic carbocycles. The van der Waals surface area contributed by atoms with Gasteiger partial charge in [-0.1, -0.05) is 75.6 Å². The van der Waals surface area contributed by atoms with E-state index in [1.807, 2.05) is 0 Å². The van der Waals surface area contributed by atoms with Gasteiger partial charge in [0, 0.05) is 25.3 Å². The summed E-state index contributed by atoms with van der Waals surface area (Å²) in [5.41, 5.74) is -0.0376. The Hall–Kier alpha value is -2.50. The van der Waals surface area contributed by atoms with E-state index >= 15 is 0 Å². The maximum absolute atomic E-state index is 12.5. The number of carbonyl (C=O) groups is 1. The molecule has 1 aliphatic rings. The van der Waals surface area contributed by atoms with Crippen molar-refractivity contribution in [3.63, 3.8) is 0 Å². The number of hydrogen-bond acceptors (Lipinski definition) is 5. The van der Waals surface area contributed by atoms with E-state index in [-0.39, 0.29) is 28.8 Å². The molecule has 0 amide bonds. The monoisotopic (exact) mass is 634 g/mol. The van der Waals surface area contributed by atoms with Gasteiger partial charge >= 0.3 is 12.3 Å². The number of anilines is 1. The number of nitrogens with one attached hydrogen (secondary N) is 1. The summed E-state index contributed by atoms with van der Waals surface area (Å²) in [6, 6.07) is 12.1. The molecule has 1 fully saturated rings. The Labute approximate surface area is 252 Å². The van der Waals surface area contributed by atoms with E-state index in [1.54, 1.807) is 31.2 Å². The highest BCUT2D eigenvalue weighted by atomic mass is 35.5. The summed E-state index contributed by atoms with van der Waals surface area (Å²) < 4.78 is 66.2. The molecule has 0 atom stereocenters. The largest absolute Gasteiger partial charge is 0.573 e. The molecule has 0 spiro atoms. The lowest BCUT2D eigenvalue weighted by Gasteiger charge is -2.35. The van der Waals surface area contributed by atoms with Crippen LogP contribution >= 0.6 is 11.6 Å². The number of benzene rings is 2. The van der Waals surface area contributed by atoms with Gasteiger partial charge in [0.25, 0.3) is 0 Å². The number of halogens is 4. The van der Waals surface area contributed by atoms with E-state index in [2.05, 4.69) is 17.0 Å². The molecule has 12 heteroatoms. The summed E-state index contributed by atoms with van der Waals surface area (Å²) in [5, 5.41) is 12.5. The van der Waals surface area contributed by atoms with E-state index in [0.29, 0.717) is 12.8 Å². The molecule has 0 radical (unpaired) electrons. The number of sulfonamides is 1. The number of aliphatic carboxylic acids is 1. The van der Waals surface area contributed by atoms with Crippen LogP contribution in [0, 0.1) is 5.41 Å². The van der Waals surface area contributed by atoms with E-state index in [9.17, 15) is 26.4 Å². The lowest BCUT2D eigenvalue weighted by atomic mass is 9.81. The van der Waals surface area contributed by atoms with Crippen LogP contribution in [0.15, 0.2) is 53.4 Å². The highest BCUT2D eigenvalue weighted by Gasteiger charge is 2.40. The maximum atomic E-state index is 12.5. The first kappa shape index (κ1) is 35.7. The van der Waals surface area contributed by atoms with Gasteiger partial charge in [-0.3, -0.25) is 4.79 Å². The fourth-order valence-electron chi connectivity index (χ4n) is 4.49. The summed E-state index contributed by atoms with van der Waals surface area (Å²) in [7, 11) is -3.66. The van der Waals surface area contributed by atoms with Gasteiger partial charge in [0.2, 0.25) is 10.0 Å². The molecule has 1 aliphatic heterocycles. The average Bonchev–Trinajstić information content (AvgIpc) is 2.93. The minimum atomic E-state index is -4.63. The number of unbranched alkanes of at least 4 members (excludes halogenated alkanes) is 7. The van der Waals surface area contributed by atoms with Gasteiger partial charge in [0.05, 0.1) is 10.4 Å². The van der Waals surface area contributed by atoms with Crippen molar-refractivity contribution in [2.24, 2.45) is 5.41 Å². The minimum absolute atomic E-state index is 0.0700. The Bertz CT molecular complexity index is 1200. The van der Waals surface area contributed by atoms with E-state index in [0.717, 1.165) is 18.7 Å². The number of ether oxygens (including phenoxy) is 1. The zero-order chi connectivity index (χ0) is 31.2. The molecule has 1 saturated heterocycles. The van der Waals surface area contributed by atoms with Crippen LogP contribution in [0.1, 0.15) is 78.1 Å². The SMILES string of the molecule is CC1(C(=O)O)CCN(S(=O)(=O)c2ccccc2Cl)CC1.CCCCCCCCCCNc1ccc(OC(F)(F)F)cc1. The fourth-order valence-corrected chi connectivity index (χ4v) is 6.43. The molecular formula is C30H42ClF3N2O5S. The molecule has 1 heterocycles. The quantitative estimate of drug-likeness (QED) is 0.203. The predicted molar refractivity (Wildman–Crippen MR) is 159 cm³/mol. The van der Waals surface area contributed by atoms with Gasteiger partial charge in [0.1, 0.15) is 10.6 Å². The molecule has 0 aliphatic carbocycles. The van der Waals surface area contributed by atoms with Crippen molar-refractivity contribution >= 4 is 33.3 Å². The first-order chi connectivity index (χ1) is 19.8. The van der Waals surface area contributed by atoms with Gasteiger partial charge in [0.15, 0.2) is 0 Å². The lowest BCUT2D eigenvalue weighted by molar-refractivity contribution is -0.274. The van der Waals surface area contributed by atoms with Crippen LogP contribution in [0.2, 0.25) is 5.02 Å². The van der Waals surface area contributed by atoms with Crippen LogP contribution in [0.4, 0.5) is 18.9 Å². The number of nitrogens with zero attached hydrogens (tertiary/aromatic N) is 1. The summed E-state index contributed by atoms with van der Waals surface area (Å²) in [4.78, 5) is 11.2. The molecule has 3 rings (SSSR count). The van der Waals surface area contributed by atoms with Crippen LogP contribution in [0.5, 0.6) is 5.75 Å². The minimum Gasteiger partial charge on any atom is -0.481 e. The third kappa shape index (κ3) is 12.0. The number of hydrogen-bond donors (Lipinski definition) is 2. The normalized spacial score (nSPS) is 15.4. The van der Waals surface area contributed by atoms with Crippen molar-refractivity contribution in [2.45, 2.75) is 89.3 Å². The van der Waals surface area contributed by atoms with Gasteiger partial charge in [-0.15, -0.1) is 13.2 Å². The Morgan fingerprint density at radius 2 is 1.52 bits per heavy atom. The van der Waals surface area contributed by atoms with Crippen molar-refractivity contribution in [1.82, 2.24) is 4.31 Å². The lowest BCUT2D eigenvalue weighted by Crippen LogP contribution is -2.45. The Balaban J connectivity index is 0.000000294. The first-order valence-electron chi connectivity index (χ1n) is 14.4. The molecule has 7 nitrogen and oxygen atoms in total. The molecule has 2 N–H and O–H groups in total. The van der Waals surface area contributed by atoms with Crippen LogP contribution in [-0.4, -0.2) is 49.8 Å². The summed E-state index contributed by atoms with van der Waals surface area (Å²) in [5.74, 6) is -1.07. The van der Waals surface area contributed by atoms with Gasteiger partial charge in [-0.05, 0) is 62.6 Å². The Morgan fingerprint density at radius 3 is 2.05 bits per heavy atom. The van der Waals surface area contributed by atoms with E-state index in [4.69, 9.17) is 16.7 Å². The maximum Gasteiger partial charge on any atom is 0.573 e. The summed E-state index contributed by atoms with van der Waals surface area (Å²) in [6.45, 7) is 5.09. The molecule has 42 heavy (non-hydrogen) atoms. The Morgan fingerprint density at radius 1 is 0.976 bits per heavy atom. The van der Waals surface area contributed by atoms with Crippen LogP contribution in [-0.2, 0) is 14.8 Å². The topological polar surface area (TPSA) is 95.9 Å². The molecular weight excluding hydrogens is 593 g/mol. The van der Waals surface area contributed by atoms with E-state index in [1.165, 1.54) is 73.5 Å². The van der Waals surface area contributed by atoms with Crippen LogP contribution < -0.4 is 10.1 Å². The second-order valence-electron chi connectivity index (χ2n) is 10.7. The van der Waals surface area contributed by atoms with Gasteiger partial charge < -0.3 is 15.2 Å². The molecule has 0 unspecified atom stereocenters. The molecule has 2 aromatic rings.